The summed E-state index contributed by atoms with van der Waals surface area (Å²) in [5, 5.41) is 8.06. The molecule has 0 fully saturated rings. The van der Waals surface area contributed by atoms with Crippen LogP contribution in [-0.4, -0.2) is 54.7 Å². The Morgan fingerprint density at radius 1 is 1.33 bits per heavy atom. The van der Waals surface area contributed by atoms with Crippen LogP contribution in [0.4, 0.5) is 5.82 Å². The van der Waals surface area contributed by atoms with Crippen molar-refractivity contribution in [3.05, 3.63) is 17.8 Å². The van der Waals surface area contributed by atoms with Gasteiger partial charge in [0.2, 0.25) is 0 Å². The van der Waals surface area contributed by atoms with Crippen LogP contribution in [-0.2, 0) is 0 Å². The molecule has 0 spiro atoms. The number of carbonyl (C=O) groups is 1. The lowest BCUT2D eigenvalue weighted by Gasteiger charge is -2.21. The zero-order valence-electron chi connectivity index (χ0n) is 11.3. The highest BCUT2D eigenvalue weighted by atomic mass is 16.2. The highest BCUT2D eigenvalue weighted by Crippen LogP contribution is 2.10. The van der Waals surface area contributed by atoms with Gasteiger partial charge < -0.3 is 15.5 Å². The molecule has 1 heterocycles. The quantitative estimate of drug-likeness (QED) is 0.789. The van der Waals surface area contributed by atoms with Crippen molar-refractivity contribution in [3.63, 3.8) is 0 Å². The molecule has 0 aliphatic rings. The molecule has 0 aliphatic carbocycles. The molecule has 2 N–H and O–H groups in total. The summed E-state index contributed by atoms with van der Waals surface area (Å²) in [6, 6.07) is 3.53. The minimum Gasteiger partial charge on any atom is -0.355 e. The van der Waals surface area contributed by atoms with Gasteiger partial charge in [-0.2, -0.15) is 0 Å². The monoisotopic (exact) mass is 251 g/mol. The molecule has 6 heteroatoms. The maximum Gasteiger partial charge on any atom is 0.273 e. The number of anilines is 1. The average molecular weight is 251 g/mol. The Balaban J connectivity index is 2.77. The van der Waals surface area contributed by atoms with Crippen LogP contribution in [0.15, 0.2) is 12.1 Å². The standard InChI is InChI=1S/C12H21N5O/c1-4-17(9-5-8-13)11-7-6-10(14-15-11)12(18)16(2)3/h6-7H,4-5,8-9,13H2,1-3H3. The zero-order chi connectivity index (χ0) is 13.5. The van der Waals surface area contributed by atoms with Crippen molar-refractivity contribution >= 4 is 11.7 Å². The largest absolute Gasteiger partial charge is 0.355 e. The Hall–Kier alpha value is -1.69. The molecule has 0 aromatic carbocycles. The van der Waals surface area contributed by atoms with Crippen LogP contribution in [0.2, 0.25) is 0 Å². The van der Waals surface area contributed by atoms with Crippen molar-refractivity contribution in [2.45, 2.75) is 13.3 Å². The minimum absolute atomic E-state index is 0.140. The third-order valence-electron chi connectivity index (χ3n) is 2.61. The van der Waals surface area contributed by atoms with E-state index >= 15 is 0 Å². The fraction of sp³-hybridized carbons (Fsp3) is 0.583. The van der Waals surface area contributed by atoms with Crippen molar-refractivity contribution in [3.8, 4) is 0 Å². The third kappa shape index (κ3) is 3.66. The van der Waals surface area contributed by atoms with Crippen LogP contribution < -0.4 is 10.6 Å². The number of aromatic nitrogens is 2. The molecule has 6 nitrogen and oxygen atoms in total. The summed E-state index contributed by atoms with van der Waals surface area (Å²) >= 11 is 0. The van der Waals surface area contributed by atoms with Gasteiger partial charge in [0.05, 0.1) is 0 Å². The smallest absolute Gasteiger partial charge is 0.273 e. The Kier molecular flexibility index (Phi) is 5.51. The van der Waals surface area contributed by atoms with Crippen molar-refractivity contribution in [1.82, 2.24) is 15.1 Å². The molecule has 0 unspecified atom stereocenters. The second-order valence-corrected chi connectivity index (χ2v) is 4.20. The van der Waals surface area contributed by atoms with E-state index < -0.39 is 0 Å². The van der Waals surface area contributed by atoms with E-state index in [4.69, 9.17) is 5.73 Å². The minimum atomic E-state index is -0.140. The van der Waals surface area contributed by atoms with Gasteiger partial charge in [-0.15, -0.1) is 10.2 Å². The number of hydrogen-bond acceptors (Lipinski definition) is 5. The van der Waals surface area contributed by atoms with E-state index in [2.05, 4.69) is 22.0 Å². The molecular formula is C12H21N5O. The van der Waals surface area contributed by atoms with Gasteiger partial charge >= 0.3 is 0 Å². The Bertz CT molecular complexity index is 377. The Morgan fingerprint density at radius 3 is 2.50 bits per heavy atom. The summed E-state index contributed by atoms with van der Waals surface area (Å²) in [5.41, 5.74) is 5.85. The predicted molar refractivity (Wildman–Crippen MR) is 71.6 cm³/mol. The van der Waals surface area contributed by atoms with E-state index in [9.17, 15) is 4.79 Å². The fourth-order valence-corrected chi connectivity index (χ4v) is 1.55. The van der Waals surface area contributed by atoms with Gasteiger partial charge in [0, 0.05) is 27.2 Å². The molecule has 1 amide bonds. The molecule has 1 rings (SSSR count). The summed E-state index contributed by atoms with van der Waals surface area (Å²) in [5.74, 6) is 0.639. The molecule has 0 atom stereocenters. The molecule has 0 radical (unpaired) electrons. The van der Waals surface area contributed by atoms with Crippen molar-refractivity contribution < 1.29 is 4.79 Å². The molecule has 0 aliphatic heterocycles. The number of carbonyl (C=O) groups excluding carboxylic acids is 1. The van der Waals surface area contributed by atoms with Crippen LogP contribution in [0.5, 0.6) is 0 Å². The first-order valence-electron chi connectivity index (χ1n) is 6.10. The molecule has 0 saturated carbocycles. The lowest BCUT2D eigenvalue weighted by molar-refractivity contribution is 0.0821. The van der Waals surface area contributed by atoms with E-state index in [1.165, 1.54) is 4.90 Å². The Labute approximate surface area is 108 Å². The van der Waals surface area contributed by atoms with E-state index in [0.29, 0.717) is 12.2 Å². The first kappa shape index (κ1) is 14.4. The fourth-order valence-electron chi connectivity index (χ4n) is 1.55. The second-order valence-electron chi connectivity index (χ2n) is 4.20. The molecule has 1 aromatic heterocycles. The van der Waals surface area contributed by atoms with Crippen LogP contribution in [0.1, 0.15) is 23.8 Å². The van der Waals surface area contributed by atoms with E-state index in [-0.39, 0.29) is 5.91 Å². The number of amides is 1. The van der Waals surface area contributed by atoms with Crippen molar-refractivity contribution in [1.29, 1.82) is 0 Å². The maximum absolute atomic E-state index is 11.7. The van der Waals surface area contributed by atoms with Gasteiger partial charge in [0.15, 0.2) is 11.5 Å². The summed E-state index contributed by atoms with van der Waals surface area (Å²) in [6.45, 7) is 4.40. The molecular weight excluding hydrogens is 230 g/mol. The second kappa shape index (κ2) is 6.90. The highest BCUT2D eigenvalue weighted by molar-refractivity contribution is 5.91. The number of nitrogens with zero attached hydrogens (tertiary/aromatic N) is 4. The molecule has 0 bridgehead atoms. The molecule has 18 heavy (non-hydrogen) atoms. The van der Waals surface area contributed by atoms with Gasteiger partial charge in [0.25, 0.3) is 5.91 Å². The summed E-state index contributed by atoms with van der Waals surface area (Å²) in [4.78, 5) is 15.2. The first-order valence-corrected chi connectivity index (χ1v) is 6.10. The number of hydrogen-bond donors (Lipinski definition) is 1. The lowest BCUT2D eigenvalue weighted by atomic mass is 10.3. The summed E-state index contributed by atoms with van der Waals surface area (Å²) < 4.78 is 0. The van der Waals surface area contributed by atoms with Crippen LogP contribution in [0, 0.1) is 0 Å². The van der Waals surface area contributed by atoms with Crippen molar-refractivity contribution in [2.24, 2.45) is 5.73 Å². The summed E-state index contributed by atoms with van der Waals surface area (Å²) in [6.07, 6.45) is 0.911. The van der Waals surface area contributed by atoms with E-state index in [1.54, 1.807) is 20.2 Å². The van der Waals surface area contributed by atoms with E-state index in [1.807, 2.05) is 6.07 Å². The van der Waals surface area contributed by atoms with Crippen LogP contribution >= 0.6 is 0 Å². The highest BCUT2D eigenvalue weighted by Gasteiger charge is 2.12. The third-order valence-corrected chi connectivity index (χ3v) is 2.61. The van der Waals surface area contributed by atoms with Gasteiger partial charge in [-0.25, -0.2) is 0 Å². The number of rotatable bonds is 6. The van der Waals surface area contributed by atoms with Gasteiger partial charge in [-0.05, 0) is 32.0 Å². The van der Waals surface area contributed by atoms with Gasteiger partial charge in [0.1, 0.15) is 0 Å². The zero-order valence-corrected chi connectivity index (χ0v) is 11.3. The summed E-state index contributed by atoms with van der Waals surface area (Å²) in [7, 11) is 3.38. The lowest BCUT2D eigenvalue weighted by Crippen LogP contribution is -2.28. The Morgan fingerprint density at radius 2 is 2.06 bits per heavy atom. The van der Waals surface area contributed by atoms with E-state index in [0.717, 1.165) is 25.3 Å². The van der Waals surface area contributed by atoms with Gasteiger partial charge in [-0.1, -0.05) is 0 Å². The van der Waals surface area contributed by atoms with Crippen LogP contribution in [0.3, 0.4) is 0 Å². The number of nitrogens with two attached hydrogens (primary N) is 1. The predicted octanol–water partition coefficient (Wildman–Crippen LogP) is 0.354. The average Bonchev–Trinajstić information content (AvgIpc) is 2.39. The maximum atomic E-state index is 11.7. The topological polar surface area (TPSA) is 75.3 Å². The van der Waals surface area contributed by atoms with Crippen LogP contribution in [0.25, 0.3) is 0 Å². The molecule has 1 aromatic rings. The van der Waals surface area contributed by atoms with Crippen molar-refractivity contribution in [2.75, 3.05) is 38.6 Å². The normalized spacial score (nSPS) is 10.2. The molecule has 100 valence electrons. The molecule has 0 saturated heterocycles. The first-order chi connectivity index (χ1) is 8.60. The van der Waals surface area contributed by atoms with Gasteiger partial charge in [-0.3, -0.25) is 4.79 Å². The SMILES string of the molecule is CCN(CCCN)c1ccc(C(=O)N(C)C)nn1.